The number of hydrogen-bond donors (Lipinski definition) is 0. The summed E-state index contributed by atoms with van der Waals surface area (Å²) in [5.74, 6) is 0. The van der Waals surface area contributed by atoms with E-state index < -0.39 is 0 Å². The van der Waals surface area contributed by atoms with Crippen molar-refractivity contribution in [3.63, 3.8) is 0 Å². The van der Waals surface area contributed by atoms with Crippen LogP contribution in [-0.4, -0.2) is 9.55 Å². The Hall–Kier alpha value is -0.790. The highest BCUT2D eigenvalue weighted by Crippen LogP contribution is 2.22. The fourth-order valence-electron chi connectivity index (χ4n) is 1.53. The molecule has 0 N–H and O–H groups in total. The first-order chi connectivity index (χ1) is 6.45. The first kappa shape index (κ1) is 11.3. The van der Waals surface area contributed by atoms with Gasteiger partial charge in [0.1, 0.15) is 0 Å². The molecule has 14 heavy (non-hydrogen) atoms. The van der Waals surface area contributed by atoms with E-state index in [1.807, 2.05) is 6.33 Å². The first-order valence-corrected chi connectivity index (χ1v) is 5.49. The highest BCUT2D eigenvalue weighted by Gasteiger charge is 2.17. The van der Waals surface area contributed by atoms with Crippen molar-refractivity contribution in [1.29, 1.82) is 0 Å². The third-order valence-electron chi connectivity index (χ3n) is 2.59. The van der Waals surface area contributed by atoms with Crippen LogP contribution in [-0.2, 0) is 5.41 Å². The number of aromatic nitrogens is 2. The zero-order valence-corrected chi connectivity index (χ0v) is 10.0. The molecule has 0 aliphatic rings. The predicted molar refractivity (Wildman–Crippen MR) is 60.5 cm³/mol. The van der Waals surface area contributed by atoms with Crippen LogP contribution in [0.1, 0.15) is 59.2 Å². The van der Waals surface area contributed by atoms with Gasteiger partial charge in [0.15, 0.2) is 0 Å². The molecule has 0 saturated heterocycles. The summed E-state index contributed by atoms with van der Waals surface area (Å²) in [6.07, 6.45) is 6.59. The van der Waals surface area contributed by atoms with E-state index in [0.29, 0.717) is 6.04 Å². The average Bonchev–Trinajstić information content (AvgIpc) is 2.51. The van der Waals surface area contributed by atoms with Crippen LogP contribution >= 0.6 is 0 Å². The Labute approximate surface area is 87.4 Å². The molecule has 1 aromatic rings. The zero-order chi connectivity index (χ0) is 10.8. The van der Waals surface area contributed by atoms with Gasteiger partial charge in [-0.1, -0.05) is 34.1 Å². The second-order valence-corrected chi connectivity index (χ2v) is 5.09. The minimum atomic E-state index is 0.164. The molecule has 0 amide bonds. The molecule has 80 valence electrons. The van der Waals surface area contributed by atoms with Gasteiger partial charge in [0.2, 0.25) is 0 Å². The number of nitrogens with zero attached hydrogens (tertiary/aromatic N) is 2. The van der Waals surface area contributed by atoms with Crippen molar-refractivity contribution in [3.05, 3.63) is 18.2 Å². The molecule has 1 unspecified atom stereocenters. The standard InChI is InChI=1S/C12H22N2/c1-6-7-10(2)14-8-11(13-9-14)12(3,4)5/h8-10H,6-7H2,1-5H3. The summed E-state index contributed by atoms with van der Waals surface area (Å²) in [7, 11) is 0. The van der Waals surface area contributed by atoms with Gasteiger partial charge in [0.05, 0.1) is 12.0 Å². The molecule has 1 heterocycles. The van der Waals surface area contributed by atoms with Crippen LogP contribution < -0.4 is 0 Å². The maximum atomic E-state index is 4.45. The van der Waals surface area contributed by atoms with E-state index in [1.54, 1.807) is 0 Å². The van der Waals surface area contributed by atoms with Gasteiger partial charge in [-0.3, -0.25) is 0 Å². The van der Waals surface area contributed by atoms with E-state index in [2.05, 4.69) is 50.4 Å². The Morgan fingerprint density at radius 2 is 2.07 bits per heavy atom. The summed E-state index contributed by atoms with van der Waals surface area (Å²) in [6, 6.07) is 0.573. The lowest BCUT2D eigenvalue weighted by Crippen LogP contribution is -2.11. The van der Waals surface area contributed by atoms with Crippen LogP contribution in [0, 0.1) is 0 Å². The summed E-state index contributed by atoms with van der Waals surface area (Å²) in [6.45, 7) is 11.1. The first-order valence-electron chi connectivity index (χ1n) is 5.49. The fourth-order valence-corrected chi connectivity index (χ4v) is 1.53. The highest BCUT2D eigenvalue weighted by atomic mass is 15.1. The largest absolute Gasteiger partial charge is 0.334 e. The van der Waals surface area contributed by atoms with Crippen molar-refractivity contribution in [2.24, 2.45) is 0 Å². The second kappa shape index (κ2) is 4.16. The van der Waals surface area contributed by atoms with Crippen LogP contribution in [0.15, 0.2) is 12.5 Å². The van der Waals surface area contributed by atoms with Crippen LogP contribution in [0.5, 0.6) is 0 Å². The quantitative estimate of drug-likeness (QED) is 0.719. The summed E-state index contributed by atoms with van der Waals surface area (Å²) in [4.78, 5) is 4.45. The lowest BCUT2D eigenvalue weighted by molar-refractivity contribution is 0.497. The van der Waals surface area contributed by atoms with Gasteiger partial charge in [0.25, 0.3) is 0 Å². The van der Waals surface area contributed by atoms with E-state index >= 15 is 0 Å². The summed E-state index contributed by atoms with van der Waals surface area (Å²) in [5.41, 5.74) is 1.34. The smallest absolute Gasteiger partial charge is 0.0952 e. The predicted octanol–water partition coefficient (Wildman–Crippen LogP) is 3.54. The van der Waals surface area contributed by atoms with Gasteiger partial charge >= 0.3 is 0 Å². The molecular weight excluding hydrogens is 172 g/mol. The van der Waals surface area contributed by atoms with Gasteiger partial charge in [-0.2, -0.15) is 0 Å². The summed E-state index contributed by atoms with van der Waals surface area (Å²) >= 11 is 0. The van der Waals surface area contributed by atoms with E-state index in [-0.39, 0.29) is 5.41 Å². The third-order valence-corrected chi connectivity index (χ3v) is 2.59. The molecule has 2 heteroatoms. The molecule has 0 radical (unpaired) electrons. The third kappa shape index (κ3) is 2.60. The van der Waals surface area contributed by atoms with Crippen LogP contribution in [0.3, 0.4) is 0 Å². The van der Waals surface area contributed by atoms with E-state index in [4.69, 9.17) is 0 Å². The van der Waals surface area contributed by atoms with Gasteiger partial charge in [-0.15, -0.1) is 0 Å². The SMILES string of the molecule is CCCC(C)n1cnc(C(C)(C)C)c1. The normalized spacial score (nSPS) is 14.4. The van der Waals surface area contributed by atoms with Crippen molar-refractivity contribution in [1.82, 2.24) is 9.55 Å². The van der Waals surface area contributed by atoms with Gasteiger partial charge in [-0.25, -0.2) is 4.98 Å². The molecule has 0 spiro atoms. The molecule has 0 fully saturated rings. The van der Waals surface area contributed by atoms with E-state index in [1.165, 1.54) is 18.5 Å². The summed E-state index contributed by atoms with van der Waals surface area (Å²) < 4.78 is 2.23. The van der Waals surface area contributed by atoms with Crippen LogP contribution in [0.2, 0.25) is 0 Å². The van der Waals surface area contributed by atoms with Gasteiger partial charge in [0, 0.05) is 17.7 Å². The molecule has 1 atom stereocenters. The highest BCUT2D eigenvalue weighted by molar-refractivity contribution is 5.09. The lowest BCUT2D eigenvalue weighted by Gasteiger charge is -2.15. The average molecular weight is 194 g/mol. The Morgan fingerprint density at radius 1 is 1.43 bits per heavy atom. The Balaban J connectivity index is 2.78. The van der Waals surface area contributed by atoms with Crippen LogP contribution in [0.25, 0.3) is 0 Å². The molecule has 0 aliphatic carbocycles. The van der Waals surface area contributed by atoms with Crippen molar-refractivity contribution in [3.8, 4) is 0 Å². The Bertz CT molecular complexity index is 281. The minimum absolute atomic E-state index is 0.164. The molecule has 0 aromatic carbocycles. The van der Waals surface area contributed by atoms with Crippen LogP contribution in [0.4, 0.5) is 0 Å². The van der Waals surface area contributed by atoms with Gasteiger partial charge < -0.3 is 4.57 Å². The maximum Gasteiger partial charge on any atom is 0.0952 e. The molecule has 1 aromatic heterocycles. The Morgan fingerprint density at radius 3 is 2.50 bits per heavy atom. The lowest BCUT2D eigenvalue weighted by atomic mass is 9.93. The van der Waals surface area contributed by atoms with Crippen molar-refractivity contribution in [2.45, 2.75) is 58.9 Å². The topological polar surface area (TPSA) is 17.8 Å². The van der Waals surface area contributed by atoms with E-state index in [9.17, 15) is 0 Å². The number of hydrogen-bond acceptors (Lipinski definition) is 1. The van der Waals surface area contributed by atoms with Crippen molar-refractivity contribution < 1.29 is 0 Å². The number of imidazole rings is 1. The molecule has 0 aliphatic heterocycles. The minimum Gasteiger partial charge on any atom is -0.334 e. The second-order valence-electron chi connectivity index (χ2n) is 5.09. The molecule has 0 bridgehead atoms. The van der Waals surface area contributed by atoms with Gasteiger partial charge in [-0.05, 0) is 13.3 Å². The van der Waals surface area contributed by atoms with Crippen molar-refractivity contribution in [2.75, 3.05) is 0 Å². The van der Waals surface area contributed by atoms with E-state index in [0.717, 1.165) is 0 Å². The molecular formula is C12H22N2. The monoisotopic (exact) mass is 194 g/mol. The molecule has 2 nitrogen and oxygen atoms in total. The fraction of sp³-hybridized carbons (Fsp3) is 0.750. The summed E-state index contributed by atoms with van der Waals surface area (Å²) in [5, 5.41) is 0. The Kier molecular flexibility index (Phi) is 3.35. The zero-order valence-electron chi connectivity index (χ0n) is 10.0. The molecule has 0 saturated carbocycles. The molecule has 1 rings (SSSR count). The maximum absolute atomic E-state index is 4.45. The van der Waals surface area contributed by atoms with Crippen molar-refractivity contribution >= 4 is 0 Å². The number of rotatable bonds is 3.